The van der Waals surface area contributed by atoms with E-state index in [4.69, 9.17) is 14.7 Å². The number of nitrogens with zero attached hydrogens (tertiary/aromatic N) is 1. The molecule has 0 aliphatic heterocycles. The van der Waals surface area contributed by atoms with E-state index in [9.17, 15) is 9.59 Å². The molecule has 0 fully saturated rings. The number of nitriles is 1. The minimum atomic E-state index is -0.428. The van der Waals surface area contributed by atoms with E-state index in [0.29, 0.717) is 23.2 Å². The number of ether oxygens (including phenoxy) is 2. The van der Waals surface area contributed by atoms with Gasteiger partial charge in [0.15, 0.2) is 0 Å². The van der Waals surface area contributed by atoms with Gasteiger partial charge in [-0.05, 0) is 19.1 Å². The number of aldehydes is 1. The third kappa shape index (κ3) is 3.08. The first-order valence-corrected chi connectivity index (χ1v) is 5.38. The van der Waals surface area contributed by atoms with Crippen LogP contribution in [0, 0.1) is 11.3 Å². The summed E-state index contributed by atoms with van der Waals surface area (Å²) in [5, 5.41) is 8.97. The molecule has 0 bridgehead atoms. The van der Waals surface area contributed by atoms with E-state index in [1.54, 1.807) is 6.92 Å². The molecule has 0 spiro atoms. The Morgan fingerprint density at radius 3 is 2.72 bits per heavy atom. The molecule has 94 valence electrons. The third-order valence-corrected chi connectivity index (χ3v) is 2.29. The van der Waals surface area contributed by atoms with Crippen molar-refractivity contribution in [1.29, 1.82) is 5.26 Å². The van der Waals surface area contributed by atoms with Crippen LogP contribution in [0.1, 0.15) is 28.4 Å². The van der Waals surface area contributed by atoms with Crippen molar-refractivity contribution in [3.63, 3.8) is 0 Å². The molecule has 0 heterocycles. The van der Waals surface area contributed by atoms with E-state index in [1.165, 1.54) is 19.2 Å². The Labute approximate surface area is 105 Å². The van der Waals surface area contributed by atoms with Crippen LogP contribution < -0.4 is 4.74 Å². The molecule has 0 N–H and O–H groups in total. The summed E-state index contributed by atoms with van der Waals surface area (Å²) >= 11 is 0. The van der Waals surface area contributed by atoms with Crippen molar-refractivity contribution in [2.75, 3.05) is 13.7 Å². The molecule has 0 aliphatic rings. The number of rotatable bonds is 5. The van der Waals surface area contributed by atoms with Crippen LogP contribution in [0.3, 0.4) is 0 Å². The van der Waals surface area contributed by atoms with Crippen LogP contribution in [0.2, 0.25) is 0 Å². The number of carbonyl (C=O) groups excluding carboxylic acids is 2. The van der Waals surface area contributed by atoms with E-state index >= 15 is 0 Å². The largest absolute Gasteiger partial charge is 0.495 e. The van der Waals surface area contributed by atoms with Crippen molar-refractivity contribution in [3.8, 4) is 11.8 Å². The van der Waals surface area contributed by atoms with Gasteiger partial charge in [0.2, 0.25) is 0 Å². The molecule has 1 aromatic rings. The van der Waals surface area contributed by atoms with Crippen molar-refractivity contribution in [1.82, 2.24) is 0 Å². The summed E-state index contributed by atoms with van der Waals surface area (Å²) in [6.45, 7) is 1.98. The molecule has 0 aromatic heterocycles. The van der Waals surface area contributed by atoms with E-state index in [2.05, 4.69) is 0 Å². The summed E-state index contributed by atoms with van der Waals surface area (Å²) in [6, 6.07) is 4.87. The average molecular weight is 247 g/mol. The van der Waals surface area contributed by atoms with E-state index < -0.39 is 5.97 Å². The van der Waals surface area contributed by atoms with E-state index in [0.717, 1.165) is 0 Å². The Hall–Kier alpha value is -2.35. The minimum Gasteiger partial charge on any atom is -0.495 e. The SMILES string of the molecule is CCOC(=O)Cc1cc(C=O)cc(C#N)c1OC. The first-order valence-electron chi connectivity index (χ1n) is 5.38. The Balaban J connectivity index is 3.19. The second-order valence-corrected chi connectivity index (χ2v) is 3.47. The lowest BCUT2D eigenvalue weighted by molar-refractivity contribution is -0.142. The lowest BCUT2D eigenvalue weighted by Crippen LogP contribution is -2.09. The van der Waals surface area contributed by atoms with E-state index in [1.807, 2.05) is 6.07 Å². The Kier molecular flexibility index (Phi) is 4.88. The number of methoxy groups -OCH3 is 1. The molecular weight excluding hydrogens is 234 g/mol. The molecule has 0 amide bonds. The number of esters is 1. The van der Waals surface area contributed by atoms with Gasteiger partial charge in [-0.25, -0.2) is 0 Å². The third-order valence-electron chi connectivity index (χ3n) is 2.29. The van der Waals surface area contributed by atoms with Crippen LogP contribution in [-0.2, 0) is 16.0 Å². The van der Waals surface area contributed by atoms with E-state index in [-0.39, 0.29) is 18.6 Å². The van der Waals surface area contributed by atoms with Gasteiger partial charge in [0, 0.05) is 11.1 Å². The fraction of sp³-hybridized carbons (Fsp3) is 0.308. The highest BCUT2D eigenvalue weighted by atomic mass is 16.5. The predicted octanol–water partition coefficient (Wildman–Crippen LogP) is 1.48. The van der Waals surface area contributed by atoms with Crippen LogP contribution >= 0.6 is 0 Å². The Morgan fingerprint density at radius 2 is 2.22 bits per heavy atom. The topological polar surface area (TPSA) is 76.4 Å². The molecule has 0 aliphatic carbocycles. The Bertz CT molecular complexity index is 502. The zero-order chi connectivity index (χ0) is 13.5. The zero-order valence-electron chi connectivity index (χ0n) is 10.2. The minimum absolute atomic E-state index is 0.0344. The van der Waals surface area contributed by atoms with Gasteiger partial charge in [-0.15, -0.1) is 0 Å². The fourth-order valence-electron chi connectivity index (χ4n) is 1.60. The molecule has 0 unspecified atom stereocenters. The lowest BCUT2D eigenvalue weighted by atomic mass is 10.0. The molecule has 5 nitrogen and oxygen atoms in total. The molecule has 0 saturated heterocycles. The molecule has 0 atom stereocenters. The molecule has 1 rings (SSSR count). The van der Waals surface area contributed by atoms with Gasteiger partial charge in [-0.2, -0.15) is 5.26 Å². The van der Waals surface area contributed by atoms with Crippen LogP contribution in [-0.4, -0.2) is 26.0 Å². The Morgan fingerprint density at radius 1 is 1.50 bits per heavy atom. The smallest absolute Gasteiger partial charge is 0.310 e. The maximum Gasteiger partial charge on any atom is 0.310 e. The summed E-state index contributed by atoms with van der Waals surface area (Å²) in [6.07, 6.45) is 0.586. The second kappa shape index (κ2) is 6.40. The van der Waals surface area contributed by atoms with Crippen molar-refractivity contribution in [3.05, 3.63) is 28.8 Å². The summed E-state index contributed by atoms with van der Waals surface area (Å²) in [5.74, 6) is -0.126. The highest BCUT2D eigenvalue weighted by Gasteiger charge is 2.15. The summed E-state index contributed by atoms with van der Waals surface area (Å²) in [4.78, 5) is 22.2. The van der Waals surface area contributed by atoms with Gasteiger partial charge >= 0.3 is 5.97 Å². The van der Waals surface area contributed by atoms with Crippen molar-refractivity contribution < 1.29 is 19.1 Å². The molecule has 0 saturated carbocycles. The predicted molar refractivity (Wildman–Crippen MR) is 63.4 cm³/mol. The fourth-order valence-corrected chi connectivity index (χ4v) is 1.60. The first kappa shape index (κ1) is 13.7. The summed E-state index contributed by atoms with van der Waals surface area (Å²) in [7, 11) is 1.41. The molecular formula is C13H13NO4. The number of carbonyl (C=O) groups is 2. The number of hydrogen-bond donors (Lipinski definition) is 0. The van der Waals surface area contributed by atoms with Gasteiger partial charge in [0.25, 0.3) is 0 Å². The lowest BCUT2D eigenvalue weighted by Gasteiger charge is -2.10. The molecule has 1 aromatic carbocycles. The standard InChI is InChI=1S/C13H13NO4/c1-3-18-12(16)6-10-4-9(8-15)5-11(7-14)13(10)17-2/h4-5,8H,3,6H2,1-2H3. The van der Waals surface area contributed by atoms with Crippen molar-refractivity contribution in [2.24, 2.45) is 0 Å². The second-order valence-electron chi connectivity index (χ2n) is 3.47. The van der Waals surface area contributed by atoms with Gasteiger partial charge in [0.05, 0.1) is 25.7 Å². The summed E-state index contributed by atoms with van der Waals surface area (Å²) < 4.78 is 9.93. The van der Waals surface area contributed by atoms with Crippen LogP contribution in [0.4, 0.5) is 0 Å². The van der Waals surface area contributed by atoms with Gasteiger partial charge in [-0.3, -0.25) is 9.59 Å². The average Bonchev–Trinajstić information content (AvgIpc) is 2.37. The monoisotopic (exact) mass is 247 g/mol. The van der Waals surface area contributed by atoms with Gasteiger partial charge in [-0.1, -0.05) is 0 Å². The maximum atomic E-state index is 11.4. The van der Waals surface area contributed by atoms with Gasteiger partial charge < -0.3 is 9.47 Å². The maximum absolute atomic E-state index is 11.4. The highest BCUT2D eigenvalue weighted by molar-refractivity contribution is 5.80. The number of benzene rings is 1. The van der Waals surface area contributed by atoms with Crippen LogP contribution in [0.25, 0.3) is 0 Å². The van der Waals surface area contributed by atoms with Crippen LogP contribution in [0.5, 0.6) is 5.75 Å². The van der Waals surface area contributed by atoms with Crippen molar-refractivity contribution >= 4 is 12.3 Å². The van der Waals surface area contributed by atoms with Gasteiger partial charge in [0.1, 0.15) is 18.1 Å². The summed E-state index contributed by atoms with van der Waals surface area (Å²) in [5.41, 5.74) is 1.02. The first-order chi connectivity index (χ1) is 8.65. The molecule has 18 heavy (non-hydrogen) atoms. The molecule has 5 heteroatoms. The number of hydrogen-bond acceptors (Lipinski definition) is 5. The normalized spacial score (nSPS) is 9.39. The van der Waals surface area contributed by atoms with Crippen LogP contribution in [0.15, 0.2) is 12.1 Å². The zero-order valence-corrected chi connectivity index (χ0v) is 10.2. The van der Waals surface area contributed by atoms with Crippen molar-refractivity contribution in [2.45, 2.75) is 13.3 Å². The highest BCUT2D eigenvalue weighted by Crippen LogP contribution is 2.25. The molecule has 0 radical (unpaired) electrons. The quantitative estimate of drug-likeness (QED) is 0.582.